The number of nitrogens with zero attached hydrogens (tertiary/aromatic N) is 4. The van der Waals surface area contributed by atoms with Crippen molar-refractivity contribution in [1.82, 2.24) is 24.8 Å². The second kappa shape index (κ2) is 12.2. The molecule has 1 N–H and O–H groups in total. The van der Waals surface area contributed by atoms with Crippen LogP contribution in [0.5, 0.6) is 5.75 Å². The van der Waals surface area contributed by atoms with Gasteiger partial charge in [-0.3, -0.25) is 9.48 Å². The summed E-state index contributed by atoms with van der Waals surface area (Å²) in [4.78, 5) is 12.6. The summed E-state index contributed by atoms with van der Waals surface area (Å²) in [5.74, 6) is -0.0449. The summed E-state index contributed by atoms with van der Waals surface area (Å²) in [5.41, 5.74) is 2.95. The number of amides is 1. The Morgan fingerprint density at radius 3 is 2.56 bits per heavy atom. The van der Waals surface area contributed by atoms with Gasteiger partial charge in [-0.1, -0.05) is 66.2 Å². The molecule has 2 aromatic heterocycles. The minimum absolute atomic E-state index is 0.0531. The van der Waals surface area contributed by atoms with E-state index in [1.54, 1.807) is 6.20 Å². The number of ether oxygens (including phenoxy) is 1. The van der Waals surface area contributed by atoms with Gasteiger partial charge in [-0.15, -0.1) is 0 Å². The Balaban J connectivity index is 1.15. The summed E-state index contributed by atoms with van der Waals surface area (Å²) < 4.78 is 40.8. The molecule has 12 heteroatoms. The molecule has 0 atom stereocenters. The molecule has 218 valence electrons. The first kappa shape index (κ1) is 28.4. The van der Waals surface area contributed by atoms with Crippen LogP contribution >= 0.6 is 11.6 Å². The predicted octanol–water partition coefficient (Wildman–Crippen LogP) is 5.33. The zero-order chi connectivity index (χ0) is 29.8. The molecule has 0 saturated heterocycles. The maximum Gasteiger partial charge on any atom is 0.266 e. The molecule has 10 nitrogen and oxygen atoms in total. The van der Waals surface area contributed by atoms with Crippen LogP contribution in [0.1, 0.15) is 23.1 Å². The number of fused-ring (bicyclic) bond motifs is 2. The summed E-state index contributed by atoms with van der Waals surface area (Å²) in [6.45, 7) is 0.981. The highest BCUT2D eigenvalue weighted by molar-refractivity contribution is 7.90. The van der Waals surface area contributed by atoms with Crippen molar-refractivity contribution in [2.24, 2.45) is 0 Å². The van der Waals surface area contributed by atoms with Gasteiger partial charge in [0.25, 0.3) is 10.0 Å². The largest absolute Gasteiger partial charge is 0.493 e. The van der Waals surface area contributed by atoms with Crippen LogP contribution in [-0.4, -0.2) is 41.0 Å². The second-order valence-corrected chi connectivity index (χ2v) is 12.0. The minimum Gasteiger partial charge on any atom is -0.493 e. The van der Waals surface area contributed by atoms with E-state index in [4.69, 9.17) is 16.3 Å². The van der Waals surface area contributed by atoms with Crippen molar-refractivity contribution in [2.75, 3.05) is 6.61 Å². The molecule has 0 bridgehead atoms. The number of carbonyl (C=O) groups is 1. The van der Waals surface area contributed by atoms with Crippen LogP contribution in [-0.2, 0) is 34.2 Å². The number of carbonyl (C=O) groups excluding carboxylic acids is 1. The molecule has 2 heterocycles. The van der Waals surface area contributed by atoms with Gasteiger partial charge in [0.2, 0.25) is 5.91 Å². The molecule has 0 aliphatic rings. The summed E-state index contributed by atoms with van der Waals surface area (Å²) in [6.07, 6.45) is 4.46. The van der Waals surface area contributed by atoms with E-state index in [1.807, 2.05) is 47.3 Å². The molecule has 43 heavy (non-hydrogen) atoms. The monoisotopic (exact) mass is 615 g/mol. The number of aryl methyl sites for hydroxylation is 1. The zero-order valence-electron chi connectivity index (χ0n) is 22.8. The van der Waals surface area contributed by atoms with E-state index in [-0.39, 0.29) is 33.8 Å². The molecule has 1 amide bonds. The first-order valence-electron chi connectivity index (χ1n) is 13.5. The zero-order valence-corrected chi connectivity index (χ0v) is 24.4. The number of benzene rings is 4. The molecular formula is C31H26ClN5O5S. The molecule has 0 unspecified atom stereocenters. The lowest BCUT2D eigenvalue weighted by molar-refractivity contribution is -0.119. The molecule has 0 spiro atoms. The van der Waals surface area contributed by atoms with Crippen molar-refractivity contribution in [3.05, 3.63) is 113 Å². The minimum atomic E-state index is -4.25. The van der Waals surface area contributed by atoms with Crippen LogP contribution < -0.4 is 9.46 Å². The van der Waals surface area contributed by atoms with Crippen LogP contribution in [0.25, 0.3) is 21.8 Å². The topological polar surface area (TPSA) is 129 Å². The van der Waals surface area contributed by atoms with Crippen LogP contribution in [0.2, 0.25) is 5.02 Å². The highest BCUT2D eigenvalue weighted by atomic mass is 35.5. The summed E-state index contributed by atoms with van der Waals surface area (Å²) >= 11 is 6.04. The Hall–Kier alpha value is -4.74. The molecule has 6 aromatic rings. The molecular weight excluding hydrogens is 590 g/mol. The SMILES string of the molecule is O=C(CCc1ccc(Cn2cccn2)cc1OCCc1ccc2ccccc2c1)NS(=O)(=O)c1ccc(Cl)c2nonc12. The van der Waals surface area contributed by atoms with Crippen molar-refractivity contribution in [1.29, 1.82) is 0 Å². The average Bonchev–Trinajstić information content (AvgIpc) is 3.70. The number of sulfonamides is 1. The van der Waals surface area contributed by atoms with E-state index in [2.05, 4.69) is 55.1 Å². The maximum absolute atomic E-state index is 13.0. The molecule has 6 rings (SSSR count). The van der Waals surface area contributed by atoms with Crippen molar-refractivity contribution >= 4 is 49.3 Å². The van der Waals surface area contributed by atoms with Crippen molar-refractivity contribution < 1.29 is 22.6 Å². The Bertz CT molecular complexity index is 2030. The molecule has 0 aliphatic heterocycles. The molecule has 0 radical (unpaired) electrons. The van der Waals surface area contributed by atoms with Gasteiger partial charge in [-0.25, -0.2) is 17.8 Å². The second-order valence-electron chi connectivity index (χ2n) is 9.96. The van der Waals surface area contributed by atoms with Gasteiger partial charge < -0.3 is 4.74 Å². The smallest absolute Gasteiger partial charge is 0.266 e. The van der Waals surface area contributed by atoms with Crippen LogP contribution in [0.4, 0.5) is 0 Å². The van der Waals surface area contributed by atoms with Gasteiger partial charge >= 0.3 is 0 Å². The fraction of sp³-hybridized carbons (Fsp3) is 0.161. The van der Waals surface area contributed by atoms with Crippen molar-refractivity contribution in [3.63, 3.8) is 0 Å². The lowest BCUT2D eigenvalue weighted by Gasteiger charge is -2.14. The van der Waals surface area contributed by atoms with Crippen molar-refractivity contribution in [2.45, 2.75) is 30.7 Å². The summed E-state index contributed by atoms with van der Waals surface area (Å²) in [7, 11) is -4.25. The number of hydrogen-bond acceptors (Lipinski definition) is 8. The molecule has 0 fully saturated rings. The van der Waals surface area contributed by atoms with Gasteiger partial charge in [-0.05, 0) is 68.5 Å². The lowest BCUT2D eigenvalue weighted by atomic mass is 10.0. The third-order valence-corrected chi connectivity index (χ3v) is 8.70. The number of hydrogen-bond donors (Lipinski definition) is 1. The van der Waals surface area contributed by atoms with E-state index in [1.165, 1.54) is 22.9 Å². The Kier molecular flexibility index (Phi) is 8.08. The normalized spacial score (nSPS) is 11.7. The summed E-state index contributed by atoms with van der Waals surface area (Å²) in [6, 6.07) is 24.8. The fourth-order valence-corrected chi connectivity index (χ4v) is 6.16. The van der Waals surface area contributed by atoms with E-state index in [0.717, 1.165) is 16.7 Å². The number of rotatable bonds is 11. The van der Waals surface area contributed by atoms with E-state index in [9.17, 15) is 13.2 Å². The van der Waals surface area contributed by atoms with E-state index >= 15 is 0 Å². The Morgan fingerprint density at radius 1 is 0.907 bits per heavy atom. The lowest BCUT2D eigenvalue weighted by Crippen LogP contribution is -2.31. The molecule has 0 saturated carbocycles. The van der Waals surface area contributed by atoms with E-state index < -0.39 is 15.9 Å². The first-order chi connectivity index (χ1) is 20.9. The Labute approximate surface area is 252 Å². The van der Waals surface area contributed by atoms with Crippen LogP contribution in [0, 0.1) is 0 Å². The molecule has 0 aliphatic carbocycles. The van der Waals surface area contributed by atoms with Gasteiger partial charge in [0.1, 0.15) is 10.6 Å². The molecule has 4 aromatic carbocycles. The highest BCUT2D eigenvalue weighted by Gasteiger charge is 2.24. The standard InChI is InChI=1S/C31H26ClN5O5S/c32-26-11-12-28(31-30(26)34-42-35-31)43(39,40)36-29(38)13-10-24-9-7-22(20-37-16-3-15-33-37)19-27(24)41-17-14-21-6-8-23-4-1-2-5-25(23)18-21/h1-9,11-12,15-16,18-19H,10,13-14,17,20H2,(H,36,38). The van der Waals surface area contributed by atoms with Crippen LogP contribution in [0.15, 0.2) is 101 Å². The number of aromatic nitrogens is 4. The number of nitrogens with one attached hydrogen (secondary N) is 1. The Morgan fingerprint density at radius 2 is 1.72 bits per heavy atom. The maximum atomic E-state index is 13.0. The first-order valence-corrected chi connectivity index (χ1v) is 15.4. The van der Waals surface area contributed by atoms with Crippen molar-refractivity contribution in [3.8, 4) is 5.75 Å². The average molecular weight is 616 g/mol. The van der Waals surface area contributed by atoms with Gasteiger partial charge in [-0.2, -0.15) is 5.10 Å². The third kappa shape index (κ3) is 6.52. The third-order valence-electron chi connectivity index (χ3n) is 6.99. The predicted molar refractivity (Wildman–Crippen MR) is 161 cm³/mol. The fourth-order valence-electron chi connectivity index (χ4n) is 4.83. The quantitative estimate of drug-likeness (QED) is 0.207. The van der Waals surface area contributed by atoms with Crippen LogP contribution in [0.3, 0.4) is 0 Å². The van der Waals surface area contributed by atoms with E-state index in [0.29, 0.717) is 25.3 Å². The van der Waals surface area contributed by atoms with Gasteiger partial charge in [0.15, 0.2) is 11.0 Å². The van der Waals surface area contributed by atoms with Gasteiger partial charge in [0, 0.05) is 25.2 Å². The van der Waals surface area contributed by atoms with Gasteiger partial charge in [0.05, 0.1) is 18.2 Å². The highest BCUT2D eigenvalue weighted by Crippen LogP contribution is 2.27. The number of halogens is 1. The summed E-state index contributed by atoms with van der Waals surface area (Å²) in [5, 5.41) is 14.1.